The maximum atomic E-state index is 13.2. The van der Waals surface area contributed by atoms with E-state index in [1.54, 1.807) is 12.3 Å². The highest BCUT2D eigenvalue weighted by Crippen LogP contribution is 2.45. The zero-order valence-electron chi connectivity index (χ0n) is 17.4. The Balaban J connectivity index is 1.16. The molecule has 1 N–H and O–H groups in total. The number of benzene rings is 1. The van der Waals surface area contributed by atoms with Crippen molar-refractivity contribution in [1.29, 1.82) is 5.26 Å². The SMILES string of the molecule is N#Cc1ccc(N2C3CCC2CN(C(=O)CCNC2(c4ccc(F)cc4)CC2)C3)nc1. The van der Waals surface area contributed by atoms with Crippen molar-refractivity contribution in [3.63, 3.8) is 0 Å². The zero-order valence-corrected chi connectivity index (χ0v) is 17.4. The molecule has 31 heavy (non-hydrogen) atoms. The number of aromatic nitrogens is 1. The van der Waals surface area contributed by atoms with Crippen molar-refractivity contribution in [2.24, 2.45) is 0 Å². The lowest BCUT2D eigenvalue weighted by atomic mass is 10.0. The molecule has 2 bridgehead atoms. The summed E-state index contributed by atoms with van der Waals surface area (Å²) < 4.78 is 13.2. The van der Waals surface area contributed by atoms with Crippen LogP contribution in [0.3, 0.4) is 0 Å². The number of nitriles is 1. The molecule has 1 aromatic carbocycles. The molecule has 2 saturated heterocycles. The molecule has 5 rings (SSSR count). The van der Waals surface area contributed by atoms with Gasteiger partial charge in [0.05, 0.1) is 5.56 Å². The van der Waals surface area contributed by atoms with Crippen LogP contribution in [0.2, 0.25) is 0 Å². The lowest BCUT2D eigenvalue weighted by Gasteiger charge is -2.42. The lowest BCUT2D eigenvalue weighted by molar-refractivity contribution is -0.132. The van der Waals surface area contributed by atoms with Gasteiger partial charge in [-0.2, -0.15) is 5.26 Å². The quantitative estimate of drug-likeness (QED) is 0.780. The van der Waals surface area contributed by atoms with E-state index in [0.717, 1.165) is 50.2 Å². The number of pyridine rings is 1. The van der Waals surface area contributed by atoms with Crippen LogP contribution in [0.5, 0.6) is 0 Å². The van der Waals surface area contributed by atoms with E-state index < -0.39 is 0 Å². The van der Waals surface area contributed by atoms with Gasteiger partial charge in [0.1, 0.15) is 17.7 Å². The van der Waals surface area contributed by atoms with Gasteiger partial charge in [-0.3, -0.25) is 4.79 Å². The minimum Gasteiger partial charge on any atom is -0.347 e. The minimum absolute atomic E-state index is 0.0903. The van der Waals surface area contributed by atoms with Gasteiger partial charge in [0, 0.05) is 49.9 Å². The van der Waals surface area contributed by atoms with Crippen molar-refractivity contribution in [2.45, 2.75) is 49.7 Å². The summed E-state index contributed by atoms with van der Waals surface area (Å²) in [5.41, 5.74) is 1.57. The van der Waals surface area contributed by atoms with E-state index in [4.69, 9.17) is 5.26 Å². The van der Waals surface area contributed by atoms with Crippen LogP contribution in [0.25, 0.3) is 0 Å². The fraction of sp³-hybridized carbons (Fsp3) is 0.458. The first-order chi connectivity index (χ1) is 15.1. The van der Waals surface area contributed by atoms with Crippen LogP contribution in [-0.2, 0) is 10.3 Å². The zero-order chi connectivity index (χ0) is 21.4. The Bertz CT molecular complexity index is 982. The number of rotatable bonds is 6. The Kier molecular flexibility index (Phi) is 5.11. The molecule has 3 heterocycles. The van der Waals surface area contributed by atoms with Gasteiger partial charge in [-0.15, -0.1) is 0 Å². The summed E-state index contributed by atoms with van der Waals surface area (Å²) in [6, 6.07) is 13.1. The van der Waals surface area contributed by atoms with Crippen LogP contribution in [0.15, 0.2) is 42.6 Å². The third kappa shape index (κ3) is 3.88. The molecule has 7 heteroatoms. The molecule has 2 unspecified atom stereocenters. The van der Waals surface area contributed by atoms with Crippen LogP contribution < -0.4 is 10.2 Å². The first kappa shape index (κ1) is 20.0. The van der Waals surface area contributed by atoms with Gasteiger partial charge in [0.2, 0.25) is 5.91 Å². The largest absolute Gasteiger partial charge is 0.347 e. The topological polar surface area (TPSA) is 72.3 Å². The predicted molar refractivity (Wildman–Crippen MR) is 115 cm³/mol. The number of nitrogens with one attached hydrogen (secondary N) is 1. The highest BCUT2D eigenvalue weighted by molar-refractivity contribution is 5.77. The van der Waals surface area contributed by atoms with E-state index in [1.807, 2.05) is 23.1 Å². The van der Waals surface area contributed by atoms with Gasteiger partial charge >= 0.3 is 0 Å². The van der Waals surface area contributed by atoms with E-state index in [2.05, 4.69) is 21.3 Å². The molecule has 1 saturated carbocycles. The van der Waals surface area contributed by atoms with E-state index in [0.29, 0.717) is 18.5 Å². The average molecular weight is 420 g/mol. The fourth-order valence-corrected chi connectivity index (χ4v) is 5.11. The molecular formula is C24H26FN5O. The van der Waals surface area contributed by atoms with Crippen LogP contribution in [0.4, 0.5) is 10.2 Å². The van der Waals surface area contributed by atoms with Crippen LogP contribution >= 0.6 is 0 Å². The number of hydrogen-bond acceptors (Lipinski definition) is 5. The molecule has 3 fully saturated rings. The number of halogens is 1. The number of piperazine rings is 1. The molecule has 160 valence electrons. The van der Waals surface area contributed by atoms with Gasteiger partial charge in [-0.25, -0.2) is 9.37 Å². The second kappa shape index (κ2) is 7.93. The molecule has 2 atom stereocenters. The number of likely N-dealkylation sites (tertiary alicyclic amines) is 1. The van der Waals surface area contributed by atoms with Crippen molar-refractivity contribution in [2.75, 3.05) is 24.5 Å². The molecule has 2 aliphatic heterocycles. The van der Waals surface area contributed by atoms with Crippen molar-refractivity contribution in [3.8, 4) is 6.07 Å². The number of carbonyl (C=O) groups is 1. The smallest absolute Gasteiger partial charge is 0.223 e. The first-order valence-corrected chi connectivity index (χ1v) is 11.0. The van der Waals surface area contributed by atoms with Crippen LogP contribution in [0.1, 0.15) is 43.2 Å². The van der Waals surface area contributed by atoms with E-state index >= 15 is 0 Å². The number of hydrogen-bond donors (Lipinski definition) is 1. The summed E-state index contributed by atoms with van der Waals surface area (Å²) in [4.78, 5) is 21.7. The monoisotopic (exact) mass is 419 g/mol. The third-order valence-corrected chi connectivity index (χ3v) is 6.93. The maximum absolute atomic E-state index is 13.2. The Morgan fingerprint density at radius 2 is 1.87 bits per heavy atom. The standard InChI is InChI=1S/C24H26FN5O/c25-19-4-2-18(3-5-19)24(10-11-24)28-12-9-23(31)29-15-20-6-7-21(16-29)30(20)22-8-1-17(13-26)14-27-22/h1-5,8,14,20-21,28H,6-7,9-12,15-16H2. The molecule has 1 aliphatic carbocycles. The highest BCUT2D eigenvalue weighted by atomic mass is 19.1. The Hall–Kier alpha value is -2.98. The summed E-state index contributed by atoms with van der Waals surface area (Å²) >= 11 is 0. The van der Waals surface area contributed by atoms with Gasteiger partial charge in [0.15, 0.2) is 0 Å². The van der Waals surface area contributed by atoms with E-state index in [-0.39, 0.29) is 29.3 Å². The molecular weight excluding hydrogens is 393 g/mol. The summed E-state index contributed by atoms with van der Waals surface area (Å²) in [6.07, 6.45) is 6.24. The summed E-state index contributed by atoms with van der Waals surface area (Å²) in [7, 11) is 0. The molecule has 1 amide bonds. The van der Waals surface area contributed by atoms with E-state index in [9.17, 15) is 9.18 Å². The Morgan fingerprint density at radius 1 is 1.16 bits per heavy atom. The van der Waals surface area contributed by atoms with Gasteiger partial charge in [0.25, 0.3) is 0 Å². The van der Waals surface area contributed by atoms with Crippen LogP contribution in [-0.4, -0.2) is 47.5 Å². The number of anilines is 1. The Morgan fingerprint density at radius 3 is 2.45 bits per heavy atom. The van der Waals surface area contributed by atoms with Gasteiger partial charge in [-0.1, -0.05) is 12.1 Å². The van der Waals surface area contributed by atoms with Gasteiger partial charge < -0.3 is 15.1 Å². The van der Waals surface area contributed by atoms with Crippen molar-refractivity contribution in [1.82, 2.24) is 15.2 Å². The number of nitrogens with zero attached hydrogens (tertiary/aromatic N) is 4. The number of amides is 1. The average Bonchev–Trinajstić information content (AvgIpc) is 3.53. The highest BCUT2D eigenvalue weighted by Gasteiger charge is 2.44. The summed E-state index contributed by atoms with van der Waals surface area (Å²) in [5.74, 6) is 0.863. The maximum Gasteiger partial charge on any atom is 0.223 e. The van der Waals surface area contributed by atoms with Crippen LogP contribution in [0, 0.1) is 17.1 Å². The van der Waals surface area contributed by atoms with Crippen molar-refractivity contribution in [3.05, 3.63) is 59.5 Å². The first-order valence-electron chi connectivity index (χ1n) is 11.0. The number of fused-ring (bicyclic) bond motifs is 2. The van der Waals surface area contributed by atoms with Gasteiger partial charge in [-0.05, 0) is 55.5 Å². The normalized spacial score (nSPS) is 23.5. The third-order valence-electron chi connectivity index (χ3n) is 6.93. The molecule has 2 aromatic rings. The van der Waals surface area contributed by atoms with Crippen molar-refractivity contribution < 1.29 is 9.18 Å². The van der Waals surface area contributed by atoms with Crippen molar-refractivity contribution >= 4 is 11.7 Å². The number of carbonyl (C=O) groups excluding carboxylic acids is 1. The Labute approximate surface area is 181 Å². The molecule has 1 aromatic heterocycles. The fourth-order valence-electron chi connectivity index (χ4n) is 5.11. The lowest BCUT2D eigenvalue weighted by Crippen LogP contribution is -2.56. The van der Waals surface area contributed by atoms with E-state index in [1.165, 1.54) is 12.1 Å². The molecule has 0 radical (unpaired) electrons. The molecule has 3 aliphatic rings. The minimum atomic E-state index is -0.222. The molecule has 0 spiro atoms. The second-order valence-corrected chi connectivity index (χ2v) is 8.87. The molecule has 6 nitrogen and oxygen atoms in total. The summed E-state index contributed by atoms with van der Waals surface area (Å²) in [6.45, 7) is 2.07. The second-order valence-electron chi connectivity index (χ2n) is 8.87. The predicted octanol–water partition coefficient (Wildman–Crippen LogP) is 2.94. The summed E-state index contributed by atoms with van der Waals surface area (Å²) in [5, 5.41) is 12.5.